The Morgan fingerprint density at radius 1 is 0.939 bits per heavy atom. The summed E-state index contributed by atoms with van der Waals surface area (Å²) in [7, 11) is -3.69. The molecule has 2 aliphatic heterocycles. The number of sulfonamides is 1. The maximum atomic E-state index is 13.1. The highest BCUT2D eigenvalue weighted by atomic mass is 32.2. The Labute approximate surface area is 192 Å². The van der Waals surface area contributed by atoms with E-state index in [2.05, 4.69) is 5.32 Å². The molecule has 0 radical (unpaired) electrons. The van der Waals surface area contributed by atoms with Gasteiger partial charge in [-0.2, -0.15) is 4.31 Å². The molecule has 10 heteroatoms. The van der Waals surface area contributed by atoms with Gasteiger partial charge in [-0.15, -0.1) is 0 Å². The number of amides is 4. The molecule has 1 spiro atoms. The first kappa shape index (κ1) is 21.8. The third-order valence-corrected chi connectivity index (χ3v) is 8.84. The van der Waals surface area contributed by atoms with Gasteiger partial charge in [0, 0.05) is 26.2 Å². The minimum absolute atomic E-state index is 0.158. The summed E-state index contributed by atoms with van der Waals surface area (Å²) in [5, 5.41) is 4.59. The topological polar surface area (TPSA) is 107 Å². The Kier molecular flexibility index (Phi) is 5.37. The lowest BCUT2D eigenvalue weighted by molar-refractivity contribution is -0.139. The van der Waals surface area contributed by atoms with Crippen molar-refractivity contribution < 1.29 is 22.8 Å². The first-order valence-corrected chi connectivity index (χ1v) is 12.7. The van der Waals surface area contributed by atoms with Gasteiger partial charge in [-0.25, -0.2) is 13.2 Å². The normalized spacial score (nSPS) is 21.2. The molecule has 3 aliphatic rings. The number of nitrogens with zero attached hydrogens (tertiary/aromatic N) is 3. The number of urea groups is 1. The van der Waals surface area contributed by atoms with Gasteiger partial charge in [-0.3, -0.25) is 14.5 Å². The highest BCUT2D eigenvalue weighted by Crippen LogP contribution is 2.35. The number of carbonyl (C=O) groups excluding carboxylic acids is 3. The second kappa shape index (κ2) is 8.11. The van der Waals surface area contributed by atoms with Crippen LogP contribution in [0.3, 0.4) is 0 Å². The summed E-state index contributed by atoms with van der Waals surface area (Å²) in [6.45, 7) is 0.417. The van der Waals surface area contributed by atoms with Crippen molar-refractivity contribution in [2.75, 3.05) is 32.7 Å². The second-order valence-electron chi connectivity index (χ2n) is 8.90. The van der Waals surface area contributed by atoms with E-state index in [4.69, 9.17) is 0 Å². The molecule has 5 rings (SSSR count). The minimum Gasteiger partial charge on any atom is -0.338 e. The quantitative estimate of drug-likeness (QED) is 0.682. The lowest BCUT2D eigenvalue weighted by atomic mass is 9.98. The van der Waals surface area contributed by atoms with Gasteiger partial charge in [0.1, 0.15) is 12.1 Å². The zero-order valence-electron chi connectivity index (χ0n) is 18.2. The predicted octanol–water partition coefficient (Wildman–Crippen LogP) is 1.54. The van der Waals surface area contributed by atoms with E-state index in [9.17, 15) is 22.8 Å². The van der Waals surface area contributed by atoms with Crippen molar-refractivity contribution in [3.8, 4) is 0 Å². The Balaban J connectivity index is 1.22. The van der Waals surface area contributed by atoms with Gasteiger partial charge in [0.15, 0.2) is 0 Å². The molecule has 174 valence electrons. The number of hydrogen-bond donors (Lipinski definition) is 1. The van der Waals surface area contributed by atoms with Crippen LogP contribution in [0.5, 0.6) is 0 Å². The molecule has 0 aromatic heterocycles. The molecule has 9 nitrogen and oxygen atoms in total. The summed E-state index contributed by atoms with van der Waals surface area (Å²) < 4.78 is 27.6. The second-order valence-corrected chi connectivity index (χ2v) is 10.8. The van der Waals surface area contributed by atoms with Gasteiger partial charge in [0.25, 0.3) is 5.91 Å². The van der Waals surface area contributed by atoms with E-state index >= 15 is 0 Å². The van der Waals surface area contributed by atoms with Gasteiger partial charge in [0.2, 0.25) is 15.9 Å². The SMILES string of the molecule is O=C(CN1C(=O)NC2(CCCC2)C1=O)N1CCN(S(=O)(=O)c2ccc3ccccc3c2)CC1. The summed E-state index contributed by atoms with van der Waals surface area (Å²) in [5.41, 5.74) is -0.843. The van der Waals surface area contributed by atoms with Gasteiger partial charge in [-0.05, 0) is 35.7 Å². The molecule has 0 unspecified atom stereocenters. The fourth-order valence-corrected chi connectivity index (χ4v) is 6.49. The Bertz CT molecular complexity index is 1230. The van der Waals surface area contributed by atoms with Gasteiger partial charge in [0.05, 0.1) is 4.90 Å². The van der Waals surface area contributed by atoms with Crippen LogP contribution in [0, 0.1) is 0 Å². The van der Waals surface area contributed by atoms with Crippen LogP contribution in [0.25, 0.3) is 10.8 Å². The van der Waals surface area contributed by atoms with Crippen molar-refractivity contribution in [3.63, 3.8) is 0 Å². The number of rotatable bonds is 4. The van der Waals surface area contributed by atoms with Crippen LogP contribution in [0.4, 0.5) is 4.79 Å². The fraction of sp³-hybridized carbons (Fsp3) is 0.435. The van der Waals surface area contributed by atoms with Crippen LogP contribution in [0.2, 0.25) is 0 Å². The number of piperazine rings is 1. The molecule has 2 saturated heterocycles. The van der Waals surface area contributed by atoms with Crippen LogP contribution in [0.15, 0.2) is 47.4 Å². The molecule has 3 fully saturated rings. The summed E-state index contributed by atoms with van der Waals surface area (Å²) in [6, 6.07) is 12.1. The highest BCUT2D eigenvalue weighted by molar-refractivity contribution is 7.89. The average Bonchev–Trinajstić information content (AvgIpc) is 3.39. The van der Waals surface area contributed by atoms with E-state index in [1.54, 1.807) is 18.2 Å². The Morgan fingerprint density at radius 2 is 1.61 bits per heavy atom. The third kappa shape index (κ3) is 3.76. The van der Waals surface area contributed by atoms with E-state index in [1.165, 1.54) is 9.21 Å². The van der Waals surface area contributed by atoms with E-state index < -0.39 is 21.6 Å². The molecule has 0 bridgehead atoms. The van der Waals surface area contributed by atoms with Crippen LogP contribution in [0.1, 0.15) is 25.7 Å². The molecular formula is C23H26N4O5S. The van der Waals surface area contributed by atoms with Crippen LogP contribution < -0.4 is 5.32 Å². The van der Waals surface area contributed by atoms with Gasteiger partial charge in [-0.1, -0.05) is 43.2 Å². The molecule has 0 atom stereocenters. The molecule has 1 aliphatic carbocycles. The van der Waals surface area contributed by atoms with E-state index in [0.29, 0.717) is 12.8 Å². The Morgan fingerprint density at radius 3 is 2.30 bits per heavy atom. The third-order valence-electron chi connectivity index (χ3n) is 6.95. The predicted molar refractivity (Wildman–Crippen MR) is 121 cm³/mol. The number of hydrogen-bond acceptors (Lipinski definition) is 5. The summed E-state index contributed by atoms with van der Waals surface area (Å²) >= 11 is 0. The molecular weight excluding hydrogens is 444 g/mol. The number of nitrogens with one attached hydrogen (secondary N) is 1. The number of imide groups is 1. The molecule has 33 heavy (non-hydrogen) atoms. The Hall–Kier alpha value is -2.98. The number of fused-ring (bicyclic) bond motifs is 1. The first-order chi connectivity index (χ1) is 15.8. The summed E-state index contributed by atoms with van der Waals surface area (Å²) in [6.07, 6.45) is 2.96. The van der Waals surface area contributed by atoms with E-state index in [0.717, 1.165) is 28.5 Å². The van der Waals surface area contributed by atoms with Crippen molar-refractivity contribution in [1.29, 1.82) is 0 Å². The number of carbonyl (C=O) groups is 3. The maximum absolute atomic E-state index is 13.1. The fourth-order valence-electron chi connectivity index (χ4n) is 5.03. The van der Waals surface area contributed by atoms with E-state index in [1.807, 2.05) is 24.3 Å². The molecule has 1 N–H and O–H groups in total. The smallest absolute Gasteiger partial charge is 0.325 e. The molecule has 4 amide bonds. The standard InChI is InChI=1S/C23H26N4O5S/c28-20(16-27-21(29)23(24-22(27)30)9-3-4-10-23)25-11-13-26(14-12-25)33(31,32)19-8-7-17-5-1-2-6-18(17)15-19/h1-2,5-8,15H,3-4,9-14,16H2,(H,24,30). The monoisotopic (exact) mass is 470 g/mol. The van der Waals surface area contributed by atoms with Crippen LogP contribution in [-0.4, -0.2) is 78.6 Å². The van der Waals surface area contributed by atoms with Crippen molar-refractivity contribution in [1.82, 2.24) is 19.4 Å². The zero-order valence-corrected chi connectivity index (χ0v) is 19.0. The molecule has 2 heterocycles. The molecule has 2 aromatic carbocycles. The van der Waals surface area contributed by atoms with Crippen molar-refractivity contribution in [2.45, 2.75) is 36.1 Å². The average molecular weight is 471 g/mol. The first-order valence-electron chi connectivity index (χ1n) is 11.2. The van der Waals surface area contributed by atoms with Crippen LogP contribution in [-0.2, 0) is 19.6 Å². The molecule has 1 saturated carbocycles. The summed E-state index contributed by atoms with van der Waals surface area (Å²) in [5.74, 6) is -0.674. The van der Waals surface area contributed by atoms with Crippen molar-refractivity contribution in [3.05, 3.63) is 42.5 Å². The van der Waals surface area contributed by atoms with E-state index in [-0.39, 0.29) is 49.4 Å². The van der Waals surface area contributed by atoms with Crippen LogP contribution >= 0.6 is 0 Å². The maximum Gasteiger partial charge on any atom is 0.325 e. The van der Waals surface area contributed by atoms with Gasteiger partial charge >= 0.3 is 6.03 Å². The number of benzene rings is 2. The molecule has 2 aromatic rings. The minimum atomic E-state index is -3.69. The lowest BCUT2D eigenvalue weighted by Crippen LogP contribution is -2.53. The lowest BCUT2D eigenvalue weighted by Gasteiger charge is -2.34. The van der Waals surface area contributed by atoms with Crippen molar-refractivity contribution in [2.24, 2.45) is 0 Å². The summed E-state index contributed by atoms with van der Waals surface area (Å²) in [4.78, 5) is 40.7. The largest absolute Gasteiger partial charge is 0.338 e. The van der Waals surface area contributed by atoms with Crippen molar-refractivity contribution >= 4 is 38.6 Å². The zero-order chi connectivity index (χ0) is 23.2. The highest BCUT2D eigenvalue weighted by Gasteiger charge is 2.53. The van der Waals surface area contributed by atoms with Gasteiger partial charge < -0.3 is 10.2 Å².